The van der Waals surface area contributed by atoms with Crippen LogP contribution in [0.4, 0.5) is 4.79 Å². The van der Waals surface area contributed by atoms with Crippen LogP contribution in [-0.4, -0.2) is 36.5 Å². The van der Waals surface area contributed by atoms with E-state index in [1.165, 1.54) is 12.1 Å². The van der Waals surface area contributed by atoms with Gasteiger partial charge in [0.2, 0.25) is 0 Å². The van der Waals surface area contributed by atoms with E-state index in [2.05, 4.69) is 30.3 Å². The second kappa shape index (κ2) is 6.05. The van der Waals surface area contributed by atoms with Gasteiger partial charge in [-0.1, -0.05) is 24.3 Å². The molecule has 0 atom stereocenters. The van der Waals surface area contributed by atoms with Gasteiger partial charge in [0, 0.05) is 0 Å². The maximum atomic E-state index is 12.2. The summed E-state index contributed by atoms with van der Waals surface area (Å²) in [5.74, 6) is 0. The predicted octanol–water partition coefficient (Wildman–Crippen LogP) is -0.426. The molecule has 0 aliphatic heterocycles. The Bertz CT molecular complexity index is 1170. The number of hydrogen-bond donors (Lipinski definition) is 0. The Morgan fingerprint density at radius 1 is 0.731 bits per heavy atom. The van der Waals surface area contributed by atoms with Gasteiger partial charge in [0.25, 0.3) is 0 Å². The number of carbonyl (C=O) groups excluding carboxylic acids is 1. The fraction of sp³-hybridized carbons (Fsp3) is 0. The highest BCUT2D eigenvalue weighted by molar-refractivity contribution is 5.77. The number of fused-ring (bicyclic) bond motifs is 2. The number of carbonyl (C=O) groups is 1. The third-order valence-corrected chi connectivity index (χ3v) is 3.41. The minimum absolute atomic E-state index is 0.193. The lowest BCUT2D eigenvalue weighted by Crippen LogP contribution is -2.41. The Morgan fingerprint density at radius 2 is 1.15 bits per heavy atom. The fourth-order valence-corrected chi connectivity index (χ4v) is 2.23. The van der Waals surface area contributed by atoms with Crippen molar-refractivity contribution in [1.82, 2.24) is 30.3 Å². The van der Waals surface area contributed by atoms with E-state index in [0.717, 1.165) is 0 Å². The Balaban J connectivity index is 1.62. The highest BCUT2D eigenvalue weighted by atomic mass is 16.9. The molecule has 0 fully saturated rings. The van der Waals surface area contributed by atoms with Gasteiger partial charge in [-0.25, -0.2) is 0 Å². The van der Waals surface area contributed by atoms with E-state index in [9.17, 15) is 14.4 Å². The van der Waals surface area contributed by atoms with Crippen LogP contribution in [0.1, 0.15) is 0 Å². The first-order valence-electron chi connectivity index (χ1n) is 7.23. The quantitative estimate of drug-likeness (QED) is 0.441. The summed E-state index contributed by atoms with van der Waals surface area (Å²) >= 11 is 0. The second-order valence-corrected chi connectivity index (χ2v) is 5.00. The maximum Gasteiger partial charge on any atom is 0.562 e. The highest BCUT2D eigenvalue weighted by Crippen LogP contribution is 2.03. The van der Waals surface area contributed by atoms with E-state index >= 15 is 0 Å². The standard InChI is InChI=1S/C15H8N6O5/c22-13-9-5-1-3-7-11(9)16-18-20(13)25-15(24)26-21-14(23)10-6-2-4-8-12(10)17-19-21/h1-8H. The van der Waals surface area contributed by atoms with Crippen LogP contribution in [0.2, 0.25) is 0 Å². The van der Waals surface area contributed by atoms with E-state index in [-0.39, 0.29) is 10.8 Å². The molecule has 2 aromatic carbocycles. The molecule has 128 valence electrons. The van der Waals surface area contributed by atoms with Crippen molar-refractivity contribution in [2.24, 2.45) is 0 Å². The minimum Gasteiger partial charge on any atom is -0.276 e. The molecule has 0 bridgehead atoms. The number of hydrogen-bond acceptors (Lipinski definition) is 9. The number of nitrogens with zero attached hydrogens (tertiary/aromatic N) is 6. The van der Waals surface area contributed by atoms with Gasteiger partial charge in [-0.05, 0) is 44.4 Å². The summed E-state index contributed by atoms with van der Waals surface area (Å²) in [7, 11) is 0. The van der Waals surface area contributed by atoms with Crippen molar-refractivity contribution >= 4 is 28.0 Å². The van der Waals surface area contributed by atoms with E-state index < -0.39 is 17.3 Å². The van der Waals surface area contributed by atoms with Gasteiger partial charge in [0.05, 0.1) is 10.8 Å². The largest absolute Gasteiger partial charge is 0.562 e. The molecular formula is C15H8N6O5. The molecule has 11 nitrogen and oxygen atoms in total. The normalized spacial score (nSPS) is 10.8. The first-order chi connectivity index (χ1) is 12.6. The van der Waals surface area contributed by atoms with Gasteiger partial charge in [-0.15, -0.1) is 10.2 Å². The lowest BCUT2D eigenvalue weighted by molar-refractivity contribution is 0.0114. The lowest BCUT2D eigenvalue weighted by Gasteiger charge is -2.06. The van der Waals surface area contributed by atoms with Crippen LogP contribution in [0.5, 0.6) is 0 Å². The molecule has 0 unspecified atom stereocenters. The molecule has 0 amide bonds. The van der Waals surface area contributed by atoms with Crippen LogP contribution in [0.15, 0.2) is 58.1 Å². The zero-order chi connectivity index (χ0) is 18.1. The van der Waals surface area contributed by atoms with Crippen molar-refractivity contribution in [2.75, 3.05) is 0 Å². The zero-order valence-electron chi connectivity index (χ0n) is 12.8. The molecule has 2 aromatic heterocycles. The first kappa shape index (κ1) is 15.4. The molecule has 0 saturated carbocycles. The molecule has 0 spiro atoms. The van der Waals surface area contributed by atoms with Crippen molar-refractivity contribution in [1.29, 1.82) is 0 Å². The van der Waals surface area contributed by atoms with E-state index in [0.29, 0.717) is 20.7 Å². The monoisotopic (exact) mass is 352 g/mol. The third-order valence-electron chi connectivity index (χ3n) is 3.41. The van der Waals surface area contributed by atoms with Crippen molar-refractivity contribution in [3.63, 3.8) is 0 Å². The fourth-order valence-electron chi connectivity index (χ4n) is 2.23. The number of rotatable bonds is 2. The van der Waals surface area contributed by atoms with Crippen LogP contribution >= 0.6 is 0 Å². The number of benzene rings is 2. The molecule has 26 heavy (non-hydrogen) atoms. The Morgan fingerprint density at radius 3 is 1.62 bits per heavy atom. The summed E-state index contributed by atoms with van der Waals surface area (Å²) in [5.41, 5.74) is -0.765. The van der Waals surface area contributed by atoms with Crippen LogP contribution < -0.4 is 20.8 Å². The highest BCUT2D eigenvalue weighted by Gasteiger charge is 2.15. The van der Waals surface area contributed by atoms with Gasteiger partial charge >= 0.3 is 17.3 Å². The van der Waals surface area contributed by atoms with E-state index in [1.807, 2.05) is 0 Å². The van der Waals surface area contributed by atoms with E-state index in [1.54, 1.807) is 36.4 Å². The number of aromatic nitrogens is 6. The predicted molar refractivity (Wildman–Crippen MR) is 86.2 cm³/mol. The molecule has 2 heterocycles. The molecule has 0 radical (unpaired) electrons. The molecule has 0 saturated heterocycles. The van der Waals surface area contributed by atoms with Crippen LogP contribution in [-0.2, 0) is 0 Å². The van der Waals surface area contributed by atoms with Gasteiger partial charge in [0.15, 0.2) is 0 Å². The Kier molecular flexibility index (Phi) is 3.58. The Hall–Kier alpha value is -4.15. The summed E-state index contributed by atoms with van der Waals surface area (Å²) < 4.78 is 0. The molecule has 0 N–H and O–H groups in total. The molecule has 11 heteroatoms. The average Bonchev–Trinajstić information content (AvgIpc) is 2.67. The molecule has 4 rings (SSSR count). The third kappa shape index (κ3) is 2.62. The summed E-state index contributed by atoms with van der Waals surface area (Å²) in [6.45, 7) is 0. The molecule has 0 aliphatic carbocycles. The minimum atomic E-state index is -1.41. The van der Waals surface area contributed by atoms with Crippen LogP contribution in [0.25, 0.3) is 21.8 Å². The van der Waals surface area contributed by atoms with Gasteiger partial charge in [0.1, 0.15) is 11.0 Å². The van der Waals surface area contributed by atoms with Crippen molar-refractivity contribution in [3.8, 4) is 0 Å². The van der Waals surface area contributed by atoms with Crippen LogP contribution in [0.3, 0.4) is 0 Å². The van der Waals surface area contributed by atoms with Crippen molar-refractivity contribution < 1.29 is 14.5 Å². The first-order valence-corrected chi connectivity index (χ1v) is 7.23. The summed E-state index contributed by atoms with van der Waals surface area (Å²) in [6.07, 6.45) is -1.41. The molecule has 4 aromatic rings. The Labute approximate surface area is 142 Å². The summed E-state index contributed by atoms with van der Waals surface area (Å²) in [6, 6.07) is 12.8. The van der Waals surface area contributed by atoms with Crippen LogP contribution in [0, 0.1) is 0 Å². The zero-order valence-corrected chi connectivity index (χ0v) is 12.8. The molecule has 0 aliphatic rings. The summed E-state index contributed by atoms with van der Waals surface area (Å²) in [5, 5.41) is 14.8. The second-order valence-electron chi connectivity index (χ2n) is 5.00. The SMILES string of the molecule is O=C(On1nnc2ccccc2c1=O)On1nnc2ccccc2c1=O. The molecular weight excluding hydrogens is 344 g/mol. The average molecular weight is 352 g/mol. The van der Waals surface area contributed by atoms with Gasteiger partial charge in [-0.3, -0.25) is 19.3 Å². The van der Waals surface area contributed by atoms with E-state index in [4.69, 9.17) is 0 Å². The lowest BCUT2D eigenvalue weighted by atomic mass is 10.2. The summed E-state index contributed by atoms with van der Waals surface area (Å²) in [4.78, 5) is 46.3. The maximum absolute atomic E-state index is 12.2. The smallest absolute Gasteiger partial charge is 0.276 e. The topological polar surface area (TPSA) is 131 Å². The van der Waals surface area contributed by atoms with Gasteiger partial charge < -0.3 is 0 Å². The van der Waals surface area contributed by atoms with Crippen molar-refractivity contribution in [2.45, 2.75) is 0 Å². The van der Waals surface area contributed by atoms with Gasteiger partial charge in [-0.2, -0.15) is 4.79 Å². The van der Waals surface area contributed by atoms with Crippen molar-refractivity contribution in [3.05, 3.63) is 69.2 Å².